The third-order valence-corrected chi connectivity index (χ3v) is 5.81. The number of H-pyrrole nitrogens is 1. The number of nitrogens with zero attached hydrogens (tertiary/aromatic N) is 2. The maximum Gasteiger partial charge on any atom is 0.291 e. The number of aromatic nitrogens is 2. The standard InChI is InChI=1S/C21H25N5O4S/c1-5-26-21(30)17(16(19(28)24-26)22-12(2)15-10-7-11-31-15)23-14-9-6-8-13(18(14)27)20(29)25(3)4/h6-12,22-23,27H,5H2,1-4H3,(H,24,28)/t12-/m1/s1. The summed E-state index contributed by atoms with van der Waals surface area (Å²) in [5, 5.41) is 21.1. The third-order valence-electron chi connectivity index (χ3n) is 4.75. The van der Waals surface area contributed by atoms with Crippen molar-refractivity contribution in [3.63, 3.8) is 0 Å². The number of aromatic hydroxyl groups is 1. The van der Waals surface area contributed by atoms with Crippen LogP contribution in [-0.4, -0.2) is 39.8 Å². The fourth-order valence-corrected chi connectivity index (χ4v) is 3.81. The molecule has 0 aliphatic rings. The molecule has 0 saturated carbocycles. The number of anilines is 3. The highest BCUT2D eigenvalue weighted by Gasteiger charge is 2.21. The van der Waals surface area contributed by atoms with Crippen molar-refractivity contribution in [2.24, 2.45) is 0 Å². The molecule has 0 radical (unpaired) electrons. The number of amides is 1. The quantitative estimate of drug-likeness (QED) is 0.417. The van der Waals surface area contributed by atoms with E-state index in [1.165, 1.54) is 33.1 Å². The number of para-hydroxylation sites is 1. The molecule has 1 atom stereocenters. The Morgan fingerprint density at radius 2 is 1.97 bits per heavy atom. The van der Waals surface area contributed by atoms with Crippen LogP contribution in [-0.2, 0) is 6.54 Å². The normalized spacial score (nSPS) is 11.7. The molecule has 3 rings (SSSR count). The van der Waals surface area contributed by atoms with Crippen molar-refractivity contribution in [3.05, 3.63) is 66.9 Å². The number of phenolic OH excluding ortho intramolecular Hbond substituents is 1. The fraction of sp³-hybridized carbons (Fsp3) is 0.286. The predicted molar refractivity (Wildman–Crippen MR) is 123 cm³/mol. The molecule has 2 heterocycles. The molecular formula is C21H25N5O4S. The average molecular weight is 444 g/mol. The van der Waals surface area contributed by atoms with Crippen LogP contribution in [0.2, 0.25) is 0 Å². The minimum absolute atomic E-state index is 0.0150. The van der Waals surface area contributed by atoms with E-state index in [-0.39, 0.29) is 46.9 Å². The second-order valence-corrected chi connectivity index (χ2v) is 8.13. The third kappa shape index (κ3) is 4.48. The number of nitrogens with one attached hydrogen (secondary N) is 3. The van der Waals surface area contributed by atoms with E-state index in [0.717, 1.165) is 4.88 Å². The molecule has 0 bridgehead atoms. The van der Waals surface area contributed by atoms with Crippen molar-refractivity contribution in [2.45, 2.75) is 26.4 Å². The zero-order chi connectivity index (χ0) is 22.7. The van der Waals surface area contributed by atoms with Gasteiger partial charge >= 0.3 is 0 Å². The largest absolute Gasteiger partial charge is 0.505 e. The molecule has 3 aromatic rings. The summed E-state index contributed by atoms with van der Waals surface area (Å²) in [5.74, 6) is -0.691. The Morgan fingerprint density at radius 1 is 1.23 bits per heavy atom. The van der Waals surface area contributed by atoms with Crippen LogP contribution in [0.3, 0.4) is 0 Å². The van der Waals surface area contributed by atoms with Crippen molar-refractivity contribution >= 4 is 34.3 Å². The van der Waals surface area contributed by atoms with Crippen molar-refractivity contribution in [3.8, 4) is 5.75 Å². The monoisotopic (exact) mass is 443 g/mol. The highest BCUT2D eigenvalue weighted by atomic mass is 32.1. The SMILES string of the molecule is CCn1[nH]c(=O)c(N[C@H](C)c2cccs2)c(Nc2cccc(C(=O)N(C)C)c2O)c1=O. The zero-order valence-corrected chi connectivity index (χ0v) is 18.5. The van der Waals surface area contributed by atoms with Crippen LogP contribution in [0.15, 0.2) is 45.3 Å². The van der Waals surface area contributed by atoms with Crippen LogP contribution < -0.4 is 21.8 Å². The number of benzene rings is 1. The molecule has 2 aromatic heterocycles. The number of rotatable bonds is 7. The molecule has 0 spiro atoms. The van der Waals surface area contributed by atoms with Crippen molar-refractivity contribution in [1.82, 2.24) is 14.7 Å². The van der Waals surface area contributed by atoms with E-state index in [2.05, 4.69) is 15.7 Å². The van der Waals surface area contributed by atoms with Crippen molar-refractivity contribution in [2.75, 3.05) is 24.7 Å². The van der Waals surface area contributed by atoms with Gasteiger partial charge in [-0.05, 0) is 37.4 Å². The lowest BCUT2D eigenvalue weighted by Gasteiger charge is -2.19. The lowest BCUT2D eigenvalue weighted by atomic mass is 10.1. The van der Waals surface area contributed by atoms with Gasteiger partial charge in [0.15, 0.2) is 5.75 Å². The van der Waals surface area contributed by atoms with E-state index in [1.54, 1.807) is 27.1 Å². The molecule has 0 saturated heterocycles. The summed E-state index contributed by atoms with van der Waals surface area (Å²) in [6.07, 6.45) is 0. The molecule has 1 aromatic carbocycles. The molecule has 0 aliphatic heterocycles. The van der Waals surface area contributed by atoms with E-state index >= 15 is 0 Å². The van der Waals surface area contributed by atoms with E-state index in [4.69, 9.17) is 0 Å². The van der Waals surface area contributed by atoms with Gasteiger partial charge in [0.25, 0.3) is 17.0 Å². The van der Waals surface area contributed by atoms with Gasteiger partial charge < -0.3 is 20.6 Å². The Hall–Kier alpha value is -3.53. The topological polar surface area (TPSA) is 119 Å². The summed E-state index contributed by atoms with van der Waals surface area (Å²) in [7, 11) is 3.15. The maximum atomic E-state index is 13.0. The van der Waals surface area contributed by atoms with Gasteiger partial charge in [-0.3, -0.25) is 19.5 Å². The average Bonchev–Trinajstić information content (AvgIpc) is 3.28. The summed E-state index contributed by atoms with van der Waals surface area (Å²) < 4.78 is 1.18. The molecule has 0 aliphatic carbocycles. The first-order valence-corrected chi connectivity index (χ1v) is 10.6. The van der Waals surface area contributed by atoms with Crippen molar-refractivity contribution < 1.29 is 9.90 Å². The Morgan fingerprint density at radius 3 is 2.58 bits per heavy atom. The first kappa shape index (κ1) is 22.2. The first-order chi connectivity index (χ1) is 14.7. The van der Waals surface area contributed by atoms with Gasteiger partial charge in [0.1, 0.15) is 11.4 Å². The Balaban J connectivity index is 2.09. The molecule has 31 heavy (non-hydrogen) atoms. The van der Waals surface area contributed by atoms with E-state index in [9.17, 15) is 19.5 Å². The molecule has 4 N–H and O–H groups in total. The van der Waals surface area contributed by atoms with E-state index in [0.29, 0.717) is 0 Å². The van der Waals surface area contributed by atoms with Gasteiger partial charge in [-0.15, -0.1) is 11.3 Å². The van der Waals surface area contributed by atoms with Crippen LogP contribution in [0.25, 0.3) is 0 Å². The second kappa shape index (κ2) is 9.09. The van der Waals surface area contributed by atoms with Crippen LogP contribution in [0, 0.1) is 0 Å². The summed E-state index contributed by atoms with van der Waals surface area (Å²) >= 11 is 1.53. The lowest BCUT2D eigenvalue weighted by molar-refractivity contribution is 0.0824. The van der Waals surface area contributed by atoms with Crippen LogP contribution >= 0.6 is 11.3 Å². The van der Waals surface area contributed by atoms with Gasteiger partial charge in [-0.25, -0.2) is 4.68 Å². The minimum atomic E-state index is -0.479. The predicted octanol–water partition coefficient (Wildman–Crippen LogP) is 2.94. The van der Waals surface area contributed by atoms with E-state index < -0.39 is 11.1 Å². The number of carbonyl (C=O) groups is 1. The molecule has 164 valence electrons. The molecule has 0 unspecified atom stereocenters. The molecular weight excluding hydrogens is 418 g/mol. The summed E-state index contributed by atoms with van der Waals surface area (Å²) in [5.41, 5.74) is -0.681. The molecule has 1 amide bonds. The minimum Gasteiger partial charge on any atom is -0.505 e. The summed E-state index contributed by atoms with van der Waals surface area (Å²) in [4.78, 5) is 40.5. The number of hydrogen-bond donors (Lipinski definition) is 4. The smallest absolute Gasteiger partial charge is 0.291 e. The van der Waals surface area contributed by atoms with Crippen LogP contribution in [0.5, 0.6) is 5.75 Å². The number of phenols is 1. The zero-order valence-electron chi connectivity index (χ0n) is 17.7. The fourth-order valence-electron chi connectivity index (χ4n) is 3.08. The van der Waals surface area contributed by atoms with Crippen molar-refractivity contribution in [1.29, 1.82) is 0 Å². The number of thiophene rings is 1. The number of aromatic amines is 1. The summed E-state index contributed by atoms with van der Waals surface area (Å²) in [6.45, 7) is 3.87. The molecule has 10 heteroatoms. The van der Waals surface area contributed by atoms with Gasteiger partial charge in [-0.1, -0.05) is 12.1 Å². The number of carbonyl (C=O) groups excluding carboxylic acids is 1. The first-order valence-electron chi connectivity index (χ1n) is 9.72. The van der Waals surface area contributed by atoms with Crippen LogP contribution in [0.4, 0.5) is 17.1 Å². The van der Waals surface area contributed by atoms with E-state index in [1.807, 2.05) is 24.4 Å². The lowest BCUT2D eigenvalue weighted by Crippen LogP contribution is -2.33. The van der Waals surface area contributed by atoms with Gasteiger partial charge in [0.2, 0.25) is 0 Å². The van der Waals surface area contributed by atoms with Crippen LogP contribution in [0.1, 0.15) is 35.1 Å². The Kier molecular flexibility index (Phi) is 6.50. The number of aryl methyl sites for hydroxylation is 1. The maximum absolute atomic E-state index is 13.0. The highest BCUT2D eigenvalue weighted by molar-refractivity contribution is 7.10. The Bertz CT molecular complexity index is 1200. The molecule has 9 nitrogen and oxygen atoms in total. The van der Waals surface area contributed by atoms with Gasteiger partial charge in [-0.2, -0.15) is 0 Å². The Labute approximate surface area is 182 Å². The second-order valence-electron chi connectivity index (χ2n) is 7.15. The van der Waals surface area contributed by atoms with Gasteiger partial charge in [0.05, 0.1) is 17.3 Å². The van der Waals surface area contributed by atoms with Gasteiger partial charge in [0, 0.05) is 25.5 Å². The summed E-state index contributed by atoms with van der Waals surface area (Å²) in [6, 6.07) is 8.22. The molecule has 0 fully saturated rings. The highest BCUT2D eigenvalue weighted by Crippen LogP contribution is 2.32. The number of hydrogen-bond acceptors (Lipinski definition) is 7.